The Balaban J connectivity index is 1.52. The van der Waals surface area contributed by atoms with Crippen LogP contribution in [0, 0.1) is 0 Å². The monoisotopic (exact) mass is 591 g/mol. The first-order chi connectivity index (χ1) is 19.0. The van der Waals surface area contributed by atoms with Crippen LogP contribution in [0.15, 0.2) is 70.5 Å². The van der Waals surface area contributed by atoms with Crippen molar-refractivity contribution in [3.8, 4) is 16.9 Å². The zero-order valence-corrected chi connectivity index (χ0v) is 23.3. The quantitative estimate of drug-likeness (QED) is 0.176. The fraction of sp³-hybridized carbons (Fsp3) is 0.310. The Bertz CT molecular complexity index is 1520. The molecular weight excluding hydrogens is 563 g/mol. The van der Waals surface area contributed by atoms with Crippen molar-refractivity contribution in [2.45, 2.75) is 36.4 Å². The fourth-order valence-corrected chi connectivity index (χ4v) is 5.63. The number of likely N-dealkylation sites (N-methyl/N-ethyl adjacent to an activating group) is 1. The minimum atomic E-state index is -4.60. The number of benzene rings is 2. The van der Waals surface area contributed by atoms with Crippen molar-refractivity contribution in [1.82, 2.24) is 14.9 Å². The molecule has 4 rings (SSSR count). The number of nitrogens with zero attached hydrogens (tertiary/aromatic N) is 2. The maximum absolute atomic E-state index is 13.5. The number of rotatable bonds is 11. The van der Waals surface area contributed by atoms with Crippen molar-refractivity contribution in [2.24, 2.45) is 0 Å². The smallest absolute Gasteiger partial charge is 0.416 e. The summed E-state index contributed by atoms with van der Waals surface area (Å²) in [5, 5.41) is 21.6. The highest BCUT2D eigenvalue weighted by atomic mass is 35.5. The number of aromatic amines is 1. The van der Waals surface area contributed by atoms with Gasteiger partial charge in [-0.25, -0.2) is 0 Å². The van der Waals surface area contributed by atoms with Gasteiger partial charge < -0.3 is 20.1 Å². The number of aromatic nitrogens is 2. The van der Waals surface area contributed by atoms with Gasteiger partial charge in [-0.2, -0.15) is 13.2 Å². The van der Waals surface area contributed by atoms with Gasteiger partial charge in [0.25, 0.3) is 5.56 Å². The SMILES string of the molecule is CN(CCCC(O)CSc1c(-c2cc(Cl)ccc2O)c2cc(C(F)(F)F)ccc2[nH]c1=O)CCc1ccccn1. The summed E-state index contributed by atoms with van der Waals surface area (Å²) in [5.74, 6) is -0.0932. The van der Waals surface area contributed by atoms with E-state index < -0.39 is 23.4 Å². The molecule has 1 atom stereocenters. The minimum Gasteiger partial charge on any atom is -0.507 e. The van der Waals surface area contributed by atoms with E-state index in [4.69, 9.17) is 11.6 Å². The van der Waals surface area contributed by atoms with Crippen LogP contribution in [0.3, 0.4) is 0 Å². The van der Waals surface area contributed by atoms with Gasteiger partial charge in [-0.3, -0.25) is 9.78 Å². The number of thioether (sulfide) groups is 1. The van der Waals surface area contributed by atoms with Gasteiger partial charge in [0.2, 0.25) is 0 Å². The Morgan fingerprint density at radius 1 is 1.12 bits per heavy atom. The average molecular weight is 592 g/mol. The second kappa shape index (κ2) is 13.1. The summed E-state index contributed by atoms with van der Waals surface area (Å²) in [4.78, 5) is 22.3. The molecular formula is C29H29ClF3N3O3S. The van der Waals surface area contributed by atoms with Crippen LogP contribution in [0.2, 0.25) is 5.02 Å². The Morgan fingerprint density at radius 2 is 1.93 bits per heavy atom. The van der Waals surface area contributed by atoms with Gasteiger partial charge >= 0.3 is 6.18 Å². The van der Waals surface area contributed by atoms with Crippen LogP contribution in [-0.2, 0) is 12.6 Å². The third-order valence-corrected chi connectivity index (χ3v) is 7.96. The minimum absolute atomic E-state index is 0.0934. The molecule has 0 aliphatic rings. The number of aromatic hydroxyl groups is 1. The summed E-state index contributed by atoms with van der Waals surface area (Å²) >= 11 is 7.18. The lowest BCUT2D eigenvalue weighted by Gasteiger charge is -2.18. The Kier molecular flexibility index (Phi) is 9.78. The van der Waals surface area contributed by atoms with E-state index in [9.17, 15) is 28.2 Å². The van der Waals surface area contributed by atoms with Crippen molar-refractivity contribution in [2.75, 3.05) is 25.9 Å². The van der Waals surface area contributed by atoms with E-state index in [-0.39, 0.29) is 43.5 Å². The van der Waals surface area contributed by atoms with Crippen LogP contribution in [0.1, 0.15) is 24.1 Å². The molecule has 40 heavy (non-hydrogen) atoms. The van der Waals surface area contributed by atoms with Crippen molar-refractivity contribution < 1.29 is 23.4 Å². The molecule has 2 aromatic carbocycles. The number of nitrogens with one attached hydrogen (secondary N) is 1. The summed E-state index contributed by atoms with van der Waals surface area (Å²) in [6.07, 6.45) is -1.60. The molecule has 0 spiro atoms. The van der Waals surface area contributed by atoms with Gasteiger partial charge in [0, 0.05) is 57.7 Å². The third-order valence-electron chi connectivity index (χ3n) is 6.50. The number of aliphatic hydroxyl groups is 1. The largest absolute Gasteiger partial charge is 0.507 e. The van der Waals surface area contributed by atoms with E-state index in [1.165, 1.54) is 24.3 Å². The molecule has 2 heterocycles. The number of pyridine rings is 2. The number of H-pyrrole nitrogens is 1. The van der Waals surface area contributed by atoms with Crippen molar-refractivity contribution in [3.05, 3.63) is 87.4 Å². The van der Waals surface area contributed by atoms with Gasteiger partial charge in [0.1, 0.15) is 5.75 Å². The number of fused-ring (bicyclic) bond motifs is 1. The fourth-order valence-electron chi connectivity index (χ4n) is 4.39. The van der Waals surface area contributed by atoms with Crippen LogP contribution in [0.25, 0.3) is 22.0 Å². The molecule has 0 aliphatic heterocycles. The molecule has 6 nitrogen and oxygen atoms in total. The Labute approximate surface area is 238 Å². The van der Waals surface area contributed by atoms with E-state index in [0.717, 1.165) is 49.1 Å². The molecule has 0 bridgehead atoms. The highest BCUT2D eigenvalue weighted by Crippen LogP contribution is 2.42. The maximum atomic E-state index is 13.5. The summed E-state index contributed by atoms with van der Waals surface area (Å²) in [6, 6.07) is 13.0. The van der Waals surface area contributed by atoms with Crippen LogP contribution >= 0.6 is 23.4 Å². The highest BCUT2D eigenvalue weighted by molar-refractivity contribution is 7.99. The van der Waals surface area contributed by atoms with E-state index >= 15 is 0 Å². The summed E-state index contributed by atoms with van der Waals surface area (Å²) < 4.78 is 40.6. The second-order valence-electron chi connectivity index (χ2n) is 9.56. The molecule has 0 saturated heterocycles. The molecule has 1 unspecified atom stereocenters. The molecule has 11 heteroatoms. The molecule has 212 valence electrons. The molecule has 3 N–H and O–H groups in total. The van der Waals surface area contributed by atoms with Crippen LogP contribution in [-0.4, -0.2) is 57.1 Å². The zero-order valence-electron chi connectivity index (χ0n) is 21.7. The first-order valence-electron chi connectivity index (χ1n) is 12.7. The normalized spacial score (nSPS) is 12.8. The van der Waals surface area contributed by atoms with Gasteiger partial charge in [0.15, 0.2) is 0 Å². The molecule has 0 amide bonds. The van der Waals surface area contributed by atoms with E-state index in [1.54, 1.807) is 6.20 Å². The van der Waals surface area contributed by atoms with Crippen LogP contribution < -0.4 is 5.56 Å². The van der Waals surface area contributed by atoms with E-state index in [1.807, 2.05) is 25.2 Å². The Hall–Kier alpha value is -3.05. The summed E-state index contributed by atoms with van der Waals surface area (Å²) in [6.45, 7) is 1.58. The first-order valence-corrected chi connectivity index (χ1v) is 14.0. The van der Waals surface area contributed by atoms with E-state index in [2.05, 4.69) is 14.9 Å². The van der Waals surface area contributed by atoms with Crippen LogP contribution in [0.4, 0.5) is 13.2 Å². The highest BCUT2D eigenvalue weighted by Gasteiger charge is 2.31. The molecule has 0 radical (unpaired) electrons. The third kappa shape index (κ3) is 7.57. The molecule has 2 aromatic heterocycles. The van der Waals surface area contributed by atoms with E-state index in [0.29, 0.717) is 12.8 Å². The van der Waals surface area contributed by atoms with Crippen LogP contribution in [0.5, 0.6) is 5.75 Å². The van der Waals surface area contributed by atoms with Crippen molar-refractivity contribution in [1.29, 1.82) is 0 Å². The molecule has 0 fully saturated rings. The molecule has 4 aromatic rings. The lowest BCUT2D eigenvalue weighted by atomic mass is 9.98. The second-order valence-corrected chi connectivity index (χ2v) is 11.0. The number of phenols is 1. The first kappa shape index (κ1) is 29.9. The molecule has 0 saturated carbocycles. The number of hydrogen-bond donors (Lipinski definition) is 3. The van der Waals surface area contributed by atoms with Gasteiger partial charge in [-0.1, -0.05) is 17.7 Å². The zero-order chi connectivity index (χ0) is 28.9. The van der Waals surface area contributed by atoms with Gasteiger partial charge in [-0.15, -0.1) is 11.8 Å². The van der Waals surface area contributed by atoms with Gasteiger partial charge in [0.05, 0.1) is 16.6 Å². The predicted octanol–water partition coefficient (Wildman–Crippen LogP) is 6.38. The molecule has 0 aliphatic carbocycles. The summed E-state index contributed by atoms with van der Waals surface area (Å²) in [7, 11) is 2.00. The number of alkyl halides is 3. The number of halogens is 4. The number of hydrogen-bond acceptors (Lipinski definition) is 6. The topological polar surface area (TPSA) is 89.5 Å². The summed E-state index contributed by atoms with van der Waals surface area (Å²) in [5.41, 5.74) is 0.0399. The average Bonchev–Trinajstić information content (AvgIpc) is 2.91. The number of aliphatic hydroxyl groups excluding tert-OH is 1. The standard InChI is InChI=1S/C29H29ClF3N3O3S/c1-36(14-11-20-5-2-3-12-34-20)13-4-6-21(37)17-40-27-26(23-16-19(30)8-10-25(23)38)22-15-18(29(31,32)33)7-9-24(22)35-28(27)39/h2-3,5,7-10,12,15-16,21,37-38H,4,6,11,13-14,17H2,1H3,(H,35,39). The van der Waals surface area contributed by atoms with Crippen molar-refractivity contribution in [3.63, 3.8) is 0 Å². The lowest BCUT2D eigenvalue weighted by molar-refractivity contribution is -0.137. The van der Waals surface area contributed by atoms with Crippen molar-refractivity contribution >= 4 is 34.3 Å². The van der Waals surface area contributed by atoms with Gasteiger partial charge in [-0.05, 0) is 75.0 Å². The number of phenolic OH excluding ortho intramolecular Hbond substituents is 1. The lowest BCUT2D eigenvalue weighted by Crippen LogP contribution is -2.24. The predicted molar refractivity (Wildman–Crippen MR) is 153 cm³/mol. The Morgan fingerprint density at radius 3 is 2.65 bits per heavy atom. The maximum Gasteiger partial charge on any atom is 0.416 e.